The molecule has 0 unspecified atom stereocenters. The van der Waals surface area contributed by atoms with Gasteiger partial charge >= 0.3 is 0 Å². The Morgan fingerprint density at radius 2 is 0.590 bits per heavy atom. The predicted octanol–water partition coefficient (Wildman–Crippen LogP) is 24.3. The molecule has 6 heteroatoms. The fourth-order valence-electron chi connectivity index (χ4n) is 18.4. The number of aromatic nitrogens is 6. The molecule has 0 amide bonds. The Bertz CT molecular complexity index is 6490. The zero-order valence-corrected chi connectivity index (χ0v) is 58.8. The van der Waals surface area contributed by atoms with Crippen LogP contribution in [0.3, 0.4) is 0 Å². The molecule has 13 aromatic carbocycles. The number of para-hydroxylation sites is 6. The summed E-state index contributed by atoms with van der Waals surface area (Å²) in [6.07, 6.45) is 0.987. The highest BCUT2D eigenvalue weighted by molar-refractivity contribution is 6.31. The van der Waals surface area contributed by atoms with Gasteiger partial charge in [-0.05, 0) is 157 Å². The summed E-state index contributed by atoms with van der Waals surface area (Å²) < 4.78 is 15.1. The second kappa shape index (κ2) is 24.0. The lowest BCUT2D eigenvalue weighted by Crippen LogP contribution is -2.02. The predicted molar refractivity (Wildman–Crippen MR) is 428 cm³/mol. The van der Waals surface area contributed by atoms with Gasteiger partial charge in [0.2, 0.25) is 0 Å². The number of nitrogens with zero attached hydrogens (tertiary/aromatic N) is 6. The van der Waals surface area contributed by atoms with Gasteiger partial charge in [-0.25, -0.2) is 0 Å². The second-order valence-corrected chi connectivity index (χ2v) is 28.4. The largest absolute Gasteiger partial charge is 0.341 e. The highest BCUT2D eigenvalue weighted by Crippen LogP contribution is 2.52. The molecule has 20 rings (SSSR count). The van der Waals surface area contributed by atoms with Crippen LogP contribution < -0.4 is 0 Å². The van der Waals surface area contributed by atoms with Gasteiger partial charge in [-0.3, -0.25) is 0 Å². The normalized spacial score (nSPS) is 12.2. The summed E-state index contributed by atoms with van der Waals surface area (Å²) in [5.41, 5.74) is 33.8. The van der Waals surface area contributed by atoms with Gasteiger partial charge in [-0.1, -0.05) is 228 Å². The summed E-state index contributed by atoms with van der Waals surface area (Å²) in [5.74, 6) is 0. The first-order valence-electron chi connectivity index (χ1n) is 36.0. The van der Waals surface area contributed by atoms with Gasteiger partial charge in [0.25, 0.3) is 0 Å². The van der Waals surface area contributed by atoms with Crippen molar-refractivity contribution in [1.82, 2.24) is 27.4 Å². The Balaban J connectivity index is 0.000000109. The van der Waals surface area contributed by atoms with Gasteiger partial charge in [0.05, 0.1) is 27.6 Å². The molecule has 6 nitrogen and oxygen atoms in total. The lowest BCUT2D eigenvalue weighted by molar-refractivity contribution is 0.827. The molecule has 1 aliphatic rings. The molecular formula is C94H82N6. The van der Waals surface area contributed by atoms with Crippen LogP contribution in [-0.4, -0.2) is 27.4 Å². The number of hydrogen-bond acceptors (Lipinski definition) is 0. The quantitative estimate of drug-likeness (QED) is 0.138. The zero-order chi connectivity index (χ0) is 67.8. The van der Waals surface area contributed by atoms with Gasteiger partial charge in [-0.15, -0.1) is 0 Å². The molecule has 0 N–H and O–H groups in total. The Morgan fingerprint density at radius 3 is 1.08 bits per heavy atom. The number of hydrogen-bond donors (Lipinski definition) is 0. The van der Waals surface area contributed by atoms with Crippen molar-refractivity contribution in [3.8, 4) is 11.1 Å². The van der Waals surface area contributed by atoms with Gasteiger partial charge in [0.1, 0.15) is 0 Å². The first-order chi connectivity index (χ1) is 48.9. The average Bonchev–Trinajstić information content (AvgIpc) is 1.53. The van der Waals surface area contributed by atoms with Crippen molar-refractivity contribution in [2.45, 2.75) is 108 Å². The van der Waals surface area contributed by atoms with E-state index in [0.717, 1.165) is 45.7 Å². The smallest absolute Gasteiger partial charge is 0.0599 e. The summed E-state index contributed by atoms with van der Waals surface area (Å²) in [6, 6.07) is 92.5. The van der Waals surface area contributed by atoms with Crippen LogP contribution in [0.15, 0.2) is 249 Å². The molecule has 0 saturated carbocycles. The molecular weight excluding hydrogens is 1210 g/mol. The van der Waals surface area contributed by atoms with E-state index in [4.69, 9.17) is 0 Å². The van der Waals surface area contributed by atoms with Crippen molar-refractivity contribution in [2.24, 2.45) is 0 Å². The van der Waals surface area contributed by atoms with Gasteiger partial charge in [-0.2, -0.15) is 0 Å². The maximum absolute atomic E-state index is 2.61. The molecule has 488 valence electrons. The fraction of sp³-hybridized carbons (Fsp3) is 0.170. The second-order valence-electron chi connectivity index (χ2n) is 28.4. The van der Waals surface area contributed by atoms with Crippen molar-refractivity contribution in [2.75, 3.05) is 0 Å². The minimum absolute atomic E-state index is 0.860. The third kappa shape index (κ3) is 9.58. The SMILES string of the molecule is CCn1c2ccccc2c2c1c1c(c3c4ccccc4n(Cc4cc(C)cc(C)c4)c32)Cc2ccccc2-1.CCn1c2ccccc2c2c3c4ccccc4n(Cc4cc(C)cc(C)c4)c3ccc21.CCn1c2ccccc2c2ccc3c(c4ccccc4n3Cc3cc(C)cc(C)c3)c21. The van der Waals surface area contributed by atoms with E-state index in [1.807, 2.05) is 0 Å². The van der Waals surface area contributed by atoms with Crippen LogP contribution in [0, 0.1) is 41.5 Å². The minimum Gasteiger partial charge on any atom is -0.341 e. The molecule has 0 fully saturated rings. The topological polar surface area (TPSA) is 29.6 Å². The Hall–Kier alpha value is -11.3. The van der Waals surface area contributed by atoms with E-state index in [-0.39, 0.29) is 0 Å². The highest BCUT2D eigenvalue weighted by Gasteiger charge is 2.31. The number of aryl methyl sites for hydroxylation is 9. The Labute approximate surface area is 583 Å². The summed E-state index contributed by atoms with van der Waals surface area (Å²) >= 11 is 0. The monoisotopic (exact) mass is 1290 g/mol. The summed E-state index contributed by atoms with van der Waals surface area (Å²) in [6.45, 7) is 25.4. The third-order valence-electron chi connectivity index (χ3n) is 21.8. The van der Waals surface area contributed by atoms with Crippen LogP contribution >= 0.6 is 0 Å². The number of fused-ring (bicyclic) bond motifs is 26. The maximum Gasteiger partial charge on any atom is 0.0599 e. The fourth-order valence-corrected chi connectivity index (χ4v) is 18.4. The molecule has 0 saturated heterocycles. The minimum atomic E-state index is 0.860. The van der Waals surface area contributed by atoms with Crippen LogP contribution in [0.4, 0.5) is 0 Å². The lowest BCUT2D eigenvalue weighted by Gasteiger charge is -2.14. The third-order valence-corrected chi connectivity index (χ3v) is 21.8. The molecule has 6 aromatic heterocycles. The molecule has 0 atom stereocenters. The van der Waals surface area contributed by atoms with E-state index in [0.29, 0.717) is 0 Å². The van der Waals surface area contributed by atoms with E-state index < -0.39 is 0 Å². The van der Waals surface area contributed by atoms with Crippen LogP contribution in [0.25, 0.3) is 142 Å². The van der Waals surface area contributed by atoms with E-state index >= 15 is 0 Å². The molecule has 0 radical (unpaired) electrons. The Morgan fingerprint density at radius 1 is 0.250 bits per heavy atom. The van der Waals surface area contributed by atoms with E-state index in [1.165, 1.54) is 203 Å². The average molecular weight is 1300 g/mol. The Kier molecular flexibility index (Phi) is 14.6. The van der Waals surface area contributed by atoms with Crippen LogP contribution in [0.5, 0.6) is 0 Å². The van der Waals surface area contributed by atoms with Crippen molar-refractivity contribution < 1.29 is 0 Å². The van der Waals surface area contributed by atoms with Crippen LogP contribution in [0.1, 0.15) is 82.0 Å². The number of rotatable bonds is 9. The van der Waals surface area contributed by atoms with Gasteiger partial charge in [0.15, 0.2) is 0 Å². The molecule has 0 bridgehead atoms. The van der Waals surface area contributed by atoms with E-state index in [2.05, 4.69) is 338 Å². The molecule has 100 heavy (non-hydrogen) atoms. The number of benzene rings is 13. The summed E-state index contributed by atoms with van der Waals surface area (Å²) in [5, 5.41) is 16.4. The van der Waals surface area contributed by atoms with E-state index in [9.17, 15) is 0 Å². The molecule has 0 spiro atoms. The van der Waals surface area contributed by atoms with Crippen LogP contribution in [0.2, 0.25) is 0 Å². The van der Waals surface area contributed by atoms with Crippen molar-refractivity contribution >= 4 is 131 Å². The molecule has 6 heterocycles. The molecule has 0 aliphatic heterocycles. The summed E-state index contributed by atoms with van der Waals surface area (Å²) in [7, 11) is 0. The molecule has 19 aromatic rings. The first-order valence-corrected chi connectivity index (χ1v) is 36.0. The van der Waals surface area contributed by atoms with Crippen molar-refractivity contribution in [3.05, 3.63) is 310 Å². The van der Waals surface area contributed by atoms with Crippen molar-refractivity contribution in [1.29, 1.82) is 0 Å². The standard InChI is InChI=1S/C36H30N2.2C29H26N2/c1-4-37-30-15-9-8-14-28(30)34-35(37)32-26-12-6-5-11-25(26)20-29(32)33-27-13-7-10-16-31(27)38(36(33)34)21-24-18-22(2)17-23(3)19-24;1-4-30-25-11-7-5-9-22(25)23-13-14-27-28(29(23)30)24-10-6-8-12-26(24)31(27)18-21-16-19(2)15-20(3)17-21;1-4-30-24-11-7-5-9-22(24)28-26(30)13-14-27-29(28)23-10-6-8-12-25(23)31(27)18-21-16-19(2)15-20(3)17-21/h5-19H,4,20-21H2,1-3H3;2*5-17H,4,18H2,1-3H3. The van der Waals surface area contributed by atoms with Gasteiger partial charge in [0, 0.05) is 148 Å². The van der Waals surface area contributed by atoms with Crippen LogP contribution in [-0.2, 0) is 45.7 Å². The van der Waals surface area contributed by atoms with Crippen molar-refractivity contribution in [3.63, 3.8) is 0 Å². The highest BCUT2D eigenvalue weighted by atomic mass is 15.0. The first kappa shape index (κ1) is 61.0. The van der Waals surface area contributed by atoms with Gasteiger partial charge < -0.3 is 27.4 Å². The maximum atomic E-state index is 2.61. The summed E-state index contributed by atoms with van der Waals surface area (Å²) in [4.78, 5) is 0. The van der Waals surface area contributed by atoms with E-state index in [1.54, 1.807) is 0 Å². The lowest BCUT2D eigenvalue weighted by atomic mass is 9.96. The molecule has 1 aliphatic carbocycles. The zero-order valence-electron chi connectivity index (χ0n) is 58.8.